The number of likely N-dealkylation sites (N-methyl/N-ethyl adjacent to an activating group) is 1. The van der Waals surface area contributed by atoms with Gasteiger partial charge in [-0.1, -0.05) is 59.8 Å². The Bertz CT molecular complexity index is 392. The lowest BCUT2D eigenvalue weighted by Crippen LogP contribution is -2.45. The van der Waals surface area contributed by atoms with Gasteiger partial charge in [0.25, 0.3) is 0 Å². The summed E-state index contributed by atoms with van der Waals surface area (Å²) in [5.41, 5.74) is 1.20. The second-order valence-corrected chi connectivity index (χ2v) is 8.60. The van der Waals surface area contributed by atoms with Crippen LogP contribution in [0.5, 0.6) is 0 Å². The second kappa shape index (κ2) is 13.4. The van der Waals surface area contributed by atoms with Crippen LogP contribution in [0.25, 0.3) is 0 Å². The molecule has 0 aromatic heterocycles. The van der Waals surface area contributed by atoms with Crippen LogP contribution in [0.15, 0.2) is 35.5 Å². The molecule has 142 valence electrons. The molecule has 0 saturated heterocycles. The van der Waals surface area contributed by atoms with E-state index >= 15 is 0 Å². The van der Waals surface area contributed by atoms with Crippen molar-refractivity contribution in [1.29, 1.82) is 0 Å². The molecule has 0 rings (SSSR count). The fraction of sp³-hybridized carbons (Fsp3) is 0.700. The van der Waals surface area contributed by atoms with E-state index in [1.54, 1.807) is 11.9 Å². The zero-order valence-electron chi connectivity index (χ0n) is 17.7. The third-order valence-corrected chi connectivity index (χ3v) is 4.18. The van der Waals surface area contributed by atoms with Crippen molar-refractivity contribution in [2.45, 2.75) is 60.9 Å². The Morgan fingerprint density at radius 1 is 1.21 bits per heavy atom. The van der Waals surface area contributed by atoms with Crippen molar-refractivity contribution in [1.82, 2.24) is 14.5 Å². The van der Waals surface area contributed by atoms with Gasteiger partial charge < -0.3 is 10.2 Å². The van der Waals surface area contributed by atoms with E-state index in [2.05, 4.69) is 89.0 Å². The van der Waals surface area contributed by atoms with E-state index in [0.717, 1.165) is 12.2 Å². The molecule has 0 saturated carbocycles. The number of allylic oxidation sites excluding steroid dienone is 4. The Balaban J connectivity index is 0. The predicted octanol–water partition coefficient (Wildman–Crippen LogP) is 5.50. The monoisotopic (exact) mass is 355 g/mol. The Morgan fingerprint density at radius 3 is 2.04 bits per heavy atom. The average Bonchev–Trinajstić information content (AvgIpc) is 2.41. The normalized spacial score (nSPS) is 13.5. The van der Waals surface area contributed by atoms with Crippen LogP contribution in [0.2, 0.25) is 0 Å². The zero-order valence-corrected chi connectivity index (χ0v) is 18.5. The lowest BCUT2D eigenvalue weighted by molar-refractivity contribution is 0.254. The molecule has 0 amide bonds. The van der Waals surface area contributed by atoms with Gasteiger partial charge in [0, 0.05) is 32.4 Å². The Kier molecular flexibility index (Phi) is 14.2. The van der Waals surface area contributed by atoms with Crippen molar-refractivity contribution in [2.75, 3.05) is 27.7 Å². The van der Waals surface area contributed by atoms with E-state index in [1.807, 2.05) is 19.9 Å². The van der Waals surface area contributed by atoms with Gasteiger partial charge in [-0.05, 0) is 44.3 Å². The average molecular weight is 356 g/mol. The maximum atomic E-state index is 3.98. The molecule has 4 heteroatoms. The van der Waals surface area contributed by atoms with E-state index in [4.69, 9.17) is 0 Å². The first-order chi connectivity index (χ1) is 11.0. The summed E-state index contributed by atoms with van der Waals surface area (Å²) in [4.78, 5) is 2.14. The number of nitrogens with zero attached hydrogens (tertiary/aromatic N) is 2. The molecule has 0 heterocycles. The Labute approximate surface area is 156 Å². The molecule has 0 bridgehead atoms. The quantitative estimate of drug-likeness (QED) is 0.457. The Morgan fingerprint density at radius 2 is 1.71 bits per heavy atom. The van der Waals surface area contributed by atoms with Gasteiger partial charge in [-0.2, -0.15) is 0 Å². The van der Waals surface area contributed by atoms with Crippen molar-refractivity contribution in [3.8, 4) is 0 Å². The van der Waals surface area contributed by atoms with E-state index in [9.17, 15) is 0 Å². The fourth-order valence-electron chi connectivity index (χ4n) is 1.73. The van der Waals surface area contributed by atoms with Crippen LogP contribution in [0, 0.1) is 5.41 Å². The molecule has 0 aliphatic heterocycles. The van der Waals surface area contributed by atoms with Gasteiger partial charge in [0.05, 0.1) is 5.03 Å². The zero-order chi connectivity index (χ0) is 19.3. The molecule has 0 aliphatic carbocycles. The first-order valence-electron chi connectivity index (χ1n) is 8.80. The first kappa shape index (κ1) is 25.4. The third-order valence-electron chi connectivity index (χ3n) is 3.03. The molecular weight excluding hydrogens is 314 g/mol. The summed E-state index contributed by atoms with van der Waals surface area (Å²) in [5, 5.41) is 4.72. The number of rotatable bonds is 8. The molecule has 0 aromatic carbocycles. The highest BCUT2D eigenvalue weighted by molar-refractivity contribution is 8.00. The number of hydrogen-bond acceptors (Lipinski definition) is 4. The molecule has 0 fully saturated rings. The summed E-state index contributed by atoms with van der Waals surface area (Å²) in [5.74, 6) is 0. The summed E-state index contributed by atoms with van der Waals surface area (Å²) >= 11 is 1.76. The molecule has 24 heavy (non-hydrogen) atoms. The van der Waals surface area contributed by atoms with Gasteiger partial charge in [-0.25, -0.2) is 4.31 Å². The van der Waals surface area contributed by atoms with E-state index in [0.29, 0.717) is 6.04 Å². The van der Waals surface area contributed by atoms with Crippen LogP contribution in [0.3, 0.4) is 0 Å². The largest absolute Gasteiger partial charge is 0.384 e. The second-order valence-electron chi connectivity index (χ2n) is 7.38. The van der Waals surface area contributed by atoms with Crippen molar-refractivity contribution in [3.63, 3.8) is 0 Å². The van der Waals surface area contributed by atoms with Crippen LogP contribution in [-0.4, -0.2) is 42.9 Å². The van der Waals surface area contributed by atoms with Gasteiger partial charge >= 0.3 is 0 Å². The predicted molar refractivity (Wildman–Crippen MR) is 114 cm³/mol. The highest BCUT2D eigenvalue weighted by Gasteiger charge is 2.26. The van der Waals surface area contributed by atoms with Crippen molar-refractivity contribution < 1.29 is 0 Å². The lowest BCUT2D eigenvalue weighted by Gasteiger charge is -2.35. The molecule has 1 unspecified atom stereocenters. The van der Waals surface area contributed by atoms with Crippen molar-refractivity contribution >= 4 is 11.9 Å². The molecule has 3 nitrogen and oxygen atoms in total. The van der Waals surface area contributed by atoms with Crippen LogP contribution >= 0.6 is 11.9 Å². The van der Waals surface area contributed by atoms with Crippen molar-refractivity contribution in [2.24, 2.45) is 5.41 Å². The van der Waals surface area contributed by atoms with Gasteiger partial charge in [0.1, 0.15) is 0 Å². The van der Waals surface area contributed by atoms with Gasteiger partial charge in [-0.15, -0.1) is 0 Å². The van der Waals surface area contributed by atoms with Crippen LogP contribution in [-0.2, 0) is 0 Å². The maximum Gasteiger partial charge on any atom is 0.0857 e. The van der Waals surface area contributed by atoms with E-state index in [1.165, 1.54) is 11.4 Å². The van der Waals surface area contributed by atoms with Gasteiger partial charge in [-0.3, -0.25) is 0 Å². The fourth-order valence-corrected chi connectivity index (χ4v) is 2.57. The number of hydrogen-bond donors (Lipinski definition) is 1. The summed E-state index contributed by atoms with van der Waals surface area (Å²) in [6.07, 6.45) is 7.51. The van der Waals surface area contributed by atoms with E-state index in [-0.39, 0.29) is 5.41 Å². The summed E-state index contributed by atoms with van der Waals surface area (Å²) in [7, 11) is 6.28. The molecular formula is C20H41N3S. The topological polar surface area (TPSA) is 18.5 Å². The minimum atomic E-state index is 0.180. The smallest absolute Gasteiger partial charge is 0.0857 e. The minimum Gasteiger partial charge on any atom is -0.384 e. The minimum absolute atomic E-state index is 0.180. The summed E-state index contributed by atoms with van der Waals surface area (Å²) < 4.78 is 2.28. The molecule has 0 radical (unpaired) electrons. The highest BCUT2D eigenvalue weighted by Crippen LogP contribution is 2.26. The first-order valence-corrected chi connectivity index (χ1v) is 9.58. The molecule has 0 spiro atoms. The SMILES string of the molecule is C=C(C)NC(CN(C)S/C(=C/C=C\C)N(C)C)C(C)(C)C.CCC. The van der Waals surface area contributed by atoms with Crippen LogP contribution in [0.1, 0.15) is 54.9 Å². The van der Waals surface area contributed by atoms with E-state index < -0.39 is 0 Å². The van der Waals surface area contributed by atoms with Crippen molar-refractivity contribution in [3.05, 3.63) is 35.5 Å². The molecule has 0 aliphatic rings. The lowest BCUT2D eigenvalue weighted by atomic mass is 9.86. The highest BCUT2D eigenvalue weighted by atomic mass is 32.2. The van der Waals surface area contributed by atoms with Gasteiger partial charge in [0.15, 0.2) is 0 Å². The van der Waals surface area contributed by atoms with Crippen LogP contribution in [0.4, 0.5) is 0 Å². The summed E-state index contributed by atoms with van der Waals surface area (Å²) in [6.45, 7) is 20.0. The molecule has 1 N–H and O–H groups in total. The van der Waals surface area contributed by atoms with Crippen LogP contribution < -0.4 is 5.32 Å². The molecule has 1 atom stereocenters. The summed E-state index contributed by atoms with van der Waals surface area (Å²) in [6, 6.07) is 0.359. The standard InChI is InChI=1S/C17H33N3S.C3H8/c1-10-11-12-16(19(7)8)21-20(9)13-15(17(4,5)6)18-14(2)3;1-3-2/h10-12,15,18H,2,13H2,1,3-9H3;3H2,1-2H3/b11-10-,16-12+;. The maximum absolute atomic E-state index is 3.98. The Hall–Kier alpha value is -0.870. The third kappa shape index (κ3) is 13.6. The van der Waals surface area contributed by atoms with Gasteiger partial charge in [0.2, 0.25) is 0 Å². The number of nitrogens with one attached hydrogen (secondary N) is 1. The molecule has 0 aromatic rings.